The summed E-state index contributed by atoms with van der Waals surface area (Å²) in [4.78, 5) is 8.19. The number of hydrogen-bond acceptors (Lipinski definition) is 5. The first-order valence-electron chi connectivity index (χ1n) is 8.78. The number of hydrogen-bond donors (Lipinski definition) is 3. The van der Waals surface area contributed by atoms with Gasteiger partial charge in [-0.25, -0.2) is 9.97 Å². The molecule has 0 saturated heterocycles. The molecule has 1 aromatic carbocycles. The van der Waals surface area contributed by atoms with Gasteiger partial charge in [-0.3, -0.25) is 5.10 Å². The number of pyridine rings is 2. The van der Waals surface area contributed by atoms with Crippen molar-refractivity contribution in [2.75, 3.05) is 11.9 Å². The zero-order valence-electron chi connectivity index (χ0n) is 15.0. The molecule has 0 aliphatic carbocycles. The van der Waals surface area contributed by atoms with Crippen molar-refractivity contribution in [2.24, 2.45) is 0 Å². The highest BCUT2D eigenvalue weighted by molar-refractivity contribution is 5.90. The second-order valence-corrected chi connectivity index (χ2v) is 6.37. The van der Waals surface area contributed by atoms with E-state index in [1.54, 1.807) is 36.4 Å². The Balaban J connectivity index is 1.68. The highest BCUT2D eigenvalue weighted by atomic mass is 19.4. The van der Waals surface area contributed by atoms with Crippen LogP contribution in [0, 0.1) is 0 Å². The minimum atomic E-state index is -4.59. The van der Waals surface area contributed by atoms with Gasteiger partial charge in [0.25, 0.3) is 0 Å². The van der Waals surface area contributed by atoms with E-state index in [9.17, 15) is 18.3 Å². The third-order valence-corrected chi connectivity index (χ3v) is 4.43. The number of halogens is 3. The fourth-order valence-corrected chi connectivity index (χ4v) is 3.00. The van der Waals surface area contributed by atoms with Gasteiger partial charge in [-0.05, 0) is 29.8 Å². The van der Waals surface area contributed by atoms with Crippen molar-refractivity contribution >= 4 is 16.9 Å². The lowest BCUT2D eigenvalue weighted by molar-refractivity contribution is -0.137. The van der Waals surface area contributed by atoms with Gasteiger partial charge in [0, 0.05) is 18.1 Å². The molecule has 3 heterocycles. The number of H-pyrrole nitrogens is 1. The van der Waals surface area contributed by atoms with Crippen molar-refractivity contribution in [3.8, 4) is 11.4 Å². The van der Waals surface area contributed by atoms with Crippen LogP contribution in [-0.2, 0) is 6.18 Å². The predicted molar refractivity (Wildman–Crippen MR) is 102 cm³/mol. The van der Waals surface area contributed by atoms with Crippen LogP contribution in [0.4, 0.5) is 19.0 Å². The van der Waals surface area contributed by atoms with Gasteiger partial charge >= 0.3 is 6.18 Å². The maximum atomic E-state index is 13.6. The van der Waals surface area contributed by atoms with Crippen molar-refractivity contribution < 1.29 is 18.3 Å². The summed E-state index contributed by atoms with van der Waals surface area (Å²) >= 11 is 0. The molecule has 0 fully saturated rings. The quantitative estimate of drug-likeness (QED) is 0.469. The molecule has 0 bridgehead atoms. The van der Waals surface area contributed by atoms with Crippen LogP contribution in [0.15, 0.2) is 60.8 Å². The maximum absolute atomic E-state index is 13.6. The van der Waals surface area contributed by atoms with Crippen LogP contribution in [0.2, 0.25) is 0 Å². The molecule has 0 unspecified atom stereocenters. The standard InChI is InChI=1S/C20H16F3N5O/c21-20(22,23)14-8-9-16(25-11-15(29)12-5-2-1-3-6-12)26-18(14)17-13-7-4-10-24-19(13)28-27-17/h1-10,15,29H,11H2,(H,25,26)(H,24,27,28)/t15-/m1/s1. The lowest BCUT2D eigenvalue weighted by Crippen LogP contribution is -2.15. The molecule has 0 spiro atoms. The number of benzene rings is 1. The van der Waals surface area contributed by atoms with E-state index in [-0.39, 0.29) is 23.8 Å². The van der Waals surface area contributed by atoms with Crippen LogP contribution in [0.1, 0.15) is 17.2 Å². The Morgan fingerprint density at radius 1 is 1.03 bits per heavy atom. The van der Waals surface area contributed by atoms with Crippen LogP contribution < -0.4 is 5.32 Å². The van der Waals surface area contributed by atoms with Gasteiger partial charge in [0.1, 0.15) is 11.5 Å². The highest BCUT2D eigenvalue weighted by Gasteiger charge is 2.35. The fourth-order valence-electron chi connectivity index (χ4n) is 3.00. The molecule has 9 heteroatoms. The summed E-state index contributed by atoms with van der Waals surface area (Å²) in [5.74, 6) is 0.203. The number of nitrogens with one attached hydrogen (secondary N) is 2. The lowest BCUT2D eigenvalue weighted by Gasteiger charge is -2.16. The van der Waals surface area contributed by atoms with Crippen molar-refractivity contribution in [3.63, 3.8) is 0 Å². The molecular formula is C20H16F3N5O. The third-order valence-electron chi connectivity index (χ3n) is 4.43. The molecule has 29 heavy (non-hydrogen) atoms. The summed E-state index contributed by atoms with van der Waals surface area (Å²) in [5, 5.41) is 20.2. The number of aliphatic hydroxyl groups is 1. The van der Waals surface area contributed by atoms with Crippen LogP contribution in [0.3, 0.4) is 0 Å². The largest absolute Gasteiger partial charge is 0.418 e. The van der Waals surface area contributed by atoms with E-state index in [0.29, 0.717) is 16.6 Å². The number of anilines is 1. The van der Waals surface area contributed by atoms with Crippen molar-refractivity contribution in [1.29, 1.82) is 0 Å². The van der Waals surface area contributed by atoms with E-state index in [1.807, 2.05) is 6.07 Å². The van der Waals surface area contributed by atoms with E-state index in [0.717, 1.165) is 6.07 Å². The minimum absolute atomic E-state index is 0.0904. The highest BCUT2D eigenvalue weighted by Crippen LogP contribution is 2.38. The first-order valence-corrected chi connectivity index (χ1v) is 8.78. The molecule has 1 atom stereocenters. The Hall–Kier alpha value is -3.46. The molecule has 0 aliphatic rings. The predicted octanol–water partition coefficient (Wildman–Crippen LogP) is 4.18. The molecule has 0 radical (unpaired) electrons. The summed E-state index contributed by atoms with van der Waals surface area (Å²) in [6.45, 7) is 0.0904. The first kappa shape index (κ1) is 18.9. The summed E-state index contributed by atoms with van der Waals surface area (Å²) in [7, 11) is 0. The van der Waals surface area contributed by atoms with Crippen molar-refractivity contribution in [3.05, 3.63) is 71.9 Å². The molecule has 6 nitrogen and oxygen atoms in total. The average Bonchev–Trinajstić information content (AvgIpc) is 3.16. The third kappa shape index (κ3) is 3.90. The second kappa shape index (κ2) is 7.51. The van der Waals surface area contributed by atoms with E-state index in [1.165, 1.54) is 12.3 Å². The van der Waals surface area contributed by atoms with Crippen LogP contribution in [-0.4, -0.2) is 31.8 Å². The molecule has 148 valence electrons. The number of alkyl halides is 3. The average molecular weight is 399 g/mol. The summed E-state index contributed by atoms with van der Waals surface area (Å²) in [5.41, 5.74) is -0.0472. The Labute approximate surface area is 163 Å². The lowest BCUT2D eigenvalue weighted by atomic mass is 10.1. The van der Waals surface area contributed by atoms with Crippen LogP contribution in [0.5, 0.6) is 0 Å². The summed E-state index contributed by atoms with van der Waals surface area (Å²) in [6.07, 6.45) is -3.92. The zero-order valence-corrected chi connectivity index (χ0v) is 15.0. The monoisotopic (exact) mass is 399 g/mol. The van der Waals surface area contributed by atoms with Gasteiger partial charge in [0.05, 0.1) is 17.4 Å². The van der Waals surface area contributed by atoms with Gasteiger partial charge < -0.3 is 10.4 Å². The molecule has 3 N–H and O–H groups in total. The van der Waals surface area contributed by atoms with Gasteiger partial charge in [0.15, 0.2) is 5.65 Å². The Kier molecular flexibility index (Phi) is 4.89. The van der Waals surface area contributed by atoms with E-state index >= 15 is 0 Å². The number of aromatic nitrogens is 4. The van der Waals surface area contributed by atoms with Gasteiger partial charge in [-0.2, -0.15) is 18.3 Å². The Morgan fingerprint density at radius 2 is 1.83 bits per heavy atom. The van der Waals surface area contributed by atoms with Crippen molar-refractivity contribution in [1.82, 2.24) is 20.2 Å². The molecule has 0 saturated carbocycles. The van der Waals surface area contributed by atoms with Gasteiger partial charge in [0.2, 0.25) is 0 Å². The maximum Gasteiger partial charge on any atom is 0.418 e. The fraction of sp³-hybridized carbons (Fsp3) is 0.150. The van der Waals surface area contributed by atoms with Crippen LogP contribution >= 0.6 is 0 Å². The number of rotatable bonds is 5. The van der Waals surface area contributed by atoms with Crippen LogP contribution in [0.25, 0.3) is 22.4 Å². The summed E-state index contributed by atoms with van der Waals surface area (Å²) in [6, 6.07) is 14.4. The molecular weight excluding hydrogens is 383 g/mol. The number of aromatic amines is 1. The number of fused-ring (bicyclic) bond motifs is 1. The second-order valence-electron chi connectivity index (χ2n) is 6.37. The Bertz CT molecular complexity index is 1130. The summed E-state index contributed by atoms with van der Waals surface area (Å²) < 4.78 is 40.7. The molecule has 4 rings (SSSR count). The number of nitrogens with zero attached hydrogens (tertiary/aromatic N) is 3. The molecule has 0 aliphatic heterocycles. The first-order chi connectivity index (χ1) is 13.9. The molecule has 0 amide bonds. The Morgan fingerprint density at radius 3 is 2.59 bits per heavy atom. The smallest absolute Gasteiger partial charge is 0.387 e. The van der Waals surface area contributed by atoms with E-state index in [2.05, 4.69) is 25.5 Å². The SMILES string of the molecule is O[C@H](CNc1ccc(C(F)(F)F)c(-c2[nH]nc3ncccc23)n1)c1ccccc1. The normalized spacial score (nSPS) is 12.8. The van der Waals surface area contributed by atoms with Gasteiger partial charge in [-0.1, -0.05) is 30.3 Å². The van der Waals surface area contributed by atoms with Gasteiger partial charge in [-0.15, -0.1) is 0 Å². The van der Waals surface area contributed by atoms with E-state index in [4.69, 9.17) is 0 Å². The zero-order chi connectivity index (χ0) is 20.4. The van der Waals surface area contributed by atoms with Crippen molar-refractivity contribution in [2.45, 2.75) is 12.3 Å². The minimum Gasteiger partial charge on any atom is -0.387 e. The molecule has 4 aromatic rings. The molecule has 3 aromatic heterocycles. The topological polar surface area (TPSA) is 86.7 Å². The number of aliphatic hydroxyl groups excluding tert-OH is 1. The van der Waals surface area contributed by atoms with E-state index < -0.39 is 17.8 Å².